The molecule has 1 aromatic heterocycles. The number of benzene rings is 1. The molecule has 1 atom stereocenters. The number of nitrogens with one attached hydrogen (secondary N) is 5. The molecule has 8 nitrogen and oxygen atoms in total. The van der Waals surface area contributed by atoms with Gasteiger partial charge in [0.1, 0.15) is 6.23 Å². The molecular formula is C20H27N7OS2. The molecule has 2 aromatic rings. The molecule has 2 rings (SSSR count). The Labute approximate surface area is 184 Å². The molecule has 160 valence electrons. The normalized spacial score (nSPS) is 11.6. The standard InChI is InChI=1S/C20H27N7OS2/c21-16(29-19(23)24)8-1-2-9-17(22)30-20(25)26-18(28)13-14-6-5-7-15(12-14)27-10-3-4-11-27/h3-7,10-12,18,21-22,28H,1-2,8-9,13H2,(H3,23,24)(H2,25,26). The van der Waals surface area contributed by atoms with Crippen LogP contribution in [-0.4, -0.2) is 36.3 Å². The highest BCUT2D eigenvalue weighted by molar-refractivity contribution is 8.26. The van der Waals surface area contributed by atoms with Crippen molar-refractivity contribution in [3.63, 3.8) is 0 Å². The van der Waals surface area contributed by atoms with Crippen LogP contribution in [0.25, 0.3) is 5.69 Å². The van der Waals surface area contributed by atoms with E-state index in [1.807, 2.05) is 53.4 Å². The Morgan fingerprint density at radius 1 is 1.00 bits per heavy atom. The van der Waals surface area contributed by atoms with Crippen LogP contribution in [0, 0.1) is 21.6 Å². The number of aromatic nitrogens is 1. The lowest BCUT2D eigenvalue weighted by Gasteiger charge is -2.15. The monoisotopic (exact) mass is 445 g/mol. The first-order valence-electron chi connectivity index (χ1n) is 9.43. The lowest BCUT2D eigenvalue weighted by Crippen LogP contribution is -2.34. The summed E-state index contributed by atoms with van der Waals surface area (Å²) in [6, 6.07) is 11.7. The first kappa shape index (κ1) is 23.7. The van der Waals surface area contributed by atoms with Gasteiger partial charge in [0.15, 0.2) is 10.3 Å². The summed E-state index contributed by atoms with van der Waals surface area (Å²) in [5.41, 5.74) is 7.18. The van der Waals surface area contributed by atoms with Crippen molar-refractivity contribution in [1.29, 1.82) is 21.6 Å². The number of thioether (sulfide) groups is 2. The van der Waals surface area contributed by atoms with Gasteiger partial charge in [0.2, 0.25) is 0 Å². The van der Waals surface area contributed by atoms with Crippen molar-refractivity contribution in [1.82, 2.24) is 9.88 Å². The van der Waals surface area contributed by atoms with E-state index in [1.165, 1.54) is 0 Å². The fourth-order valence-electron chi connectivity index (χ4n) is 2.73. The Bertz CT molecular complexity index is 883. The molecule has 10 heteroatoms. The minimum Gasteiger partial charge on any atom is -0.378 e. The molecule has 1 aromatic carbocycles. The maximum Gasteiger partial charge on any atom is 0.161 e. The van der Waals surface area contributed by atoms with Crippen LogP contribution in [0.1, 0.15) is 31.2 Å². The second-order valence-corrected chi connectivity index (χ2v) is 8.82. The molecule has 0 saturated heterocycles. The van der Waals surface area contributed by atoms with Gasteiger partial charge in [-0.2, -0.15) is 0 Å². The molecule has 0 bridgehead atoms. The lowest BCUT2D eigenvalue weighted by atomic mass is 10.1. The Hall–Kier alpha value is -2.56. The number of unbranched alkanes of at least 4 members (excludes halogenated alkanes) is 1. The summed E-state index contributed by atoms with van der Waals surface area (Å²) in [5.74, 6) is 0. The van der Waals surface area contributed by atoms with Crippen LogP contribution in [-0.2, 0) is 6.42 Å². The minimum absolute atomic E-state index is 0.0361. The predicted molar refractivity (Wildman–Crippen MR) is 127 cm³/mol. The molecule has 8 N–H and O–H groups in total. The highest BCUT2D eigenvalue weighted by Gasteiger charge is 2.11. The molecule has 0 aliphatic heterocycles. The smallest absolute Gasteiger partial charge is 0.161 e. The third kappa shape index (κ3) is 8.85. The van der Waals surface area contributed by atoms with E-state index in [0.717, 1.165) is 41.2 Å². The van der Waals surface area contributed by atoms with Gasteiger partial charge in [0, 0.05) is 24.5 Å². The van der Waals surface area contributed by atoms with Crippen LogP contribution in [0.5, 0.6) is 0 Å². The van der Waals surface area contributed by atoms with Crippen molar-refractivity contribution < 1.29 is 5.11 Å². The molecule has 1 heterocycles. The summed E-state index contributed by atoms with van der Waals surface area (Å²) in [7, 11) is 0. The van der Waals surface area contributed by atoms with Gasteiger partial charge < -0.3 is 20.7 Å². The van der Waals surface area contributed by atoms with Gasteiger partial charge in [-0.1, -0.05) is 12.1 Å². The van der Waals surface area contributed by atoms with E-state index in [4.69, 9.17) is 27.4 Å². The number of aliphatic hydroxyl groups is 1. The van der Waals surface area contributed by atoms with Gasteiger partial charge in [0.25, 0.3) is 0 Å². The van der Waals surface area contributed by atoms with Crippen LogP contribution < -0.4 is 11.1 Å². The largest absolute Gasteiger partial charge is 0.378 e. The van der Waals surface area contributed by atoms with Crippen LogP contribution in [0.15, 0.2) is 48.8 Å². The van der Waals surface area contributed by atoms with Crippen molar-refractivity contribution in [3.8, 4) is 5.69 Å². The molecule has 0 radical (unpaired) electrons. The SMILES string of the molecule is N=C(N)SC(=N)CCCCC(=N)SC(=N)NC(O)Cc1cccc(-n2cccc2)c1. The van der Waals surface area contributed by atoms with Crippen molar-refractivity contribution in [2.75, 3.05) is 0 Å². The lowest BCUT2D eigenvalue weighted by molar-refractivity contribution is 0.161. The second kappa shape index (κ2) is 12.2. The molecular weight excluding hydrogens is 418 g/mol. The van der Waals surface area contributed by atoms with Gasteiger partial charge in [0.05, 0.1) is 10.1 Å². The number of aliphatic hydroxyl groups excluding tert-OH is 1. The average Bonchev–Trinajstić information content (AvgIpc) is 3.19. The van der Waals surface area contributed by atoms with Crippen LogP contribution in [0.2, 0.25) is 0 Å². The fraction of sp³-hybridized carbons (Fsp3) is 0.300. The molecule has 0 spiro atoms. The summed E-state index contributed by atoms with van der Waals surface area (Å²) >= 11 is 1.93. The van der Waals surface area contributed by atoms with Crippen LogP contribution >= 0.6 is 23.5 Å². The first-order chi connectivity index (χ1) is 14.3. The Kier molecular flexibility index (Phi) is 9.65. The number of hydrogen-bond acceptors (Lipinski definition) is 7. The van der Waals surface area contributed by atoms with Gasteiger partial charge in [-0.15, -0.1) is 0 Å². The van der Waals surface area contributed by atoms with Gasteiger partial charge >= 0.3 is 0 Å². The molecule has 1 unspecified atom stereocenters. The van der Waals surface area contributed by atoms with E-state index in [2.05, 4.69) is 5.32 Å². The number of nitrogens with two attached hydrogens (primary N) is 1. The van der Waals surface area contributed by atoms with E-state index in [9.17, 15) is 5.11 Å². The average molecular weight is 446 g/mol. The van der Waals surface area contributed by atoms with E-state index in [1.54, 1.807) is 0 Å². The van der Waals surface area contributed by atoms with E-state index < -0.39 is 6.23 Å². The van der Waals surface area contributed by atoms with Gasteiger partial charge in [-0.25, -0.2) is 0 Å². The third-order valence-corrected chi connectivity index (χ3v) is 5.50. The zero-order valence-electron chi connectivity index (χ0n) is 16.5. The molecule has 0 aliphatic carbocycles. The first-order valence-corrected chi connectivity index (χ1v) is 11.1. The van der Waals surface area contributed by atoms with Gasteiger partial charge in [-0.3, -0.25) is 21.6 Å². The fourth-order valence-corrected chi connectivity index (χ4v) is 3.93. The molecule has 0 saturated carbocycles. The molecule has 0 amide bonds. The van der Waals surface area contributed by atoms with E-state index >= 15 is 0 Å². The maximum atomic E-state index is 10.3. The second-order valence-electron chi connectivity index (χ2n) is 6.58. The number of rotatable bonds is 9. The highest BCUT2D eigenvalue weighted by Crippen LogP contribution is 2.15. The van der Waals surface area contributed by atoms with Crippen LogP contribution in [0.4, 0.5) is 0 Å². The maximum absolute atomic E-state index is 10.3. The molecule has 0 aliphatic rings. The Morgan fingerprint density at radius 3 is 2.27 bits per heavy atom. The van der Waals surface area contributed by atoms with Crippen molar-refractivity contribution >= 4 is 43.9 Å². The van der Waals surface area contributed by atoms with Crippen molar-refractivity contribution in [2.45, 2.75) is 38.3 Å². The van der Waals surface area contributed by atoms with Gasteiger partial charge in [-0.05, 0) is 79.0 Å². The minimum atomic E-state index is -0.915. The number of nitrogens with zero attached hydrogens (tertiary/aromatic N) is 1. The highest BCUT2D eigenvalue weighted by atomic mass is 32.2. The van der Waals surface area contributed by atoms with Crippen molar-refractivity contribution in [3.05, 3.63) is 54.4 Å². The quantitative estimate of drug-likeness (QED) is 0.135. The number of hydrogen-bond donors (Lipinski definition) is 7. The van der Waals surface area contributed by atoms with Crippen LogP contribution in [0.3, 0.4) is 0 Å². The Morgan fingerprint density at radius 2 is 1.63 bits per heavy atom. The van der Waals surface area contributed by atoms with E-state index in [-0.39, 0.29) is 10.3 Å². The zero-order chi connectivity index (χ0) is 21.9. The van der Waals surface area contributed by atoms with E-state index in [0.29, 0.717) is 35.8 Å². The third-order valence-electron chi connectivity index (χ3n) is 4.06. The molecule has 30 heavy (non-hydrogen) atoms. The number of amidine groups is 2. The Balaban J connectivity index is 1.69. The summed E-state index contributed by atoms with van der Waals surface area (Å²) in [6.45, 7) is 0. The topological polar surface area (TPSA) is 159 Å². The zero-order valence-corrected chi connectivity index (χ0v) is 18.2. The van der Waals surface area contributed by atoms with Crippen molar-refractivity contribution in [2.24, 2.45) is 5.73 Å². The predicted octanol–water partition coefficient (Wildman–Crippen LogP) is 3.74. The summed E-state index contributed by atoms with van der Waals surface area (Å²) in [6.07, 6.45) is 5.81. The summed E-state index contributed by atoms with van der Waals surface area (Å²) < 4.78 is 1.99. The summed E-state index contributed by atoms with van der Waals surface area (Å²) in [5, 5.41) is 44.3. The molecule has 0 fully saturated rings. The summed E-state index contributed by atoms with van der Waals surface area (Å²) in [4.78, 5) is 0.